The third-order valence-corrected chi connectivity index (χ3v) is 4.56. The van der Waals surface area contributed by atoms with Crippen molar-refractivity contribution in [3.8, 4) is 5.75 Å². The number of piperazine rings is 1. The lowest BCUT2D eigenvalue weighted by atomic mass is 9.84. The first-order valence-corrected chi connectivity index (χ1v) is 8.02. The van der Waals surface area contributed by atoms with Gasteiger partial charge in [0.25, 0.3) is 0 Å². The summed E-state index contributed by atoms with van der Waals surface area (Å²) in [5.74, 6) is 1.65. The van der Waals surface area contributed by atoms with E-state index < -0.39 is 0 Å². The summed E-state index contributed by atoms with van der Waals surface area (Å²) in [6.07, 6.45) is 3.43. The quantitative estimate of drug-likeness (QED) is 0.831. The minimum atomic E-state index is 0.331. The maximum atomic E-state index is 12.2. The molecule has 1 saturated heterocycles. The summed E-state index contributed by atoms with van der Waals surface area (Å²) in [6, 6.07) is 9.93. The zero-order valence-electron chi connectivity index (χ0n) is 12.5. The van der Waals surface area contributed by atoms with Crippen molar-refractivity contribution in [1.29, 1.82) is 0 Å². The first-order valence-electron chi connectivity index (χ1n) is 8.02. The minimum Gasteiger partial charge on any atom is -0.492 e. The van der Waals surface area contributed by atoms with Crippen LogP contribution in [-0.2, 0) is 4.79 Å². The van der Waals surface area contributed by atoms with Crippen LogP contribution in [0, 0.1) is 5.92 Å². The van der Waals surface area contributed by atoms with Crippen molar-refractivity contribution in [3.05, 3.63) is 30.3 Å². The summed E-state index contributed by atoms with van der Waals surface area (Å²) in [4.78, 5) is 16.6. The largest absolute Gasteiger partial charge is 0.492 e. The summed E-state index contributed by atoms with van der Waals surface area (Å²) in [6.45, 7) is 5.33. The molecule has 1 aromatic carbocycles. The van der Waals surface area contributed by atoms with E-state index >= 15 is 0 Å². The second kappa shape index (κ2) is 6.94. The molecule has 1 aliphatic heterocycles. The van der Waals surface area contributed by atoms with Gasteiger partial charge in [-0.05, 0) is 25.0 Å². The molecule has 3 rings (SSSR count). The minimum absolute atomic E-state index is 0.331. The van der Waals surface area contributed by atoms with Crippen LogP contribution in [0.4, 0.5) is 0 Å². The molecule has 0 atom stereocenters. The molecule has 21 heavy (non-hydrogen) atoms. The van der Waals surface area contributed by atoms with Crippen molar-refractivity contribution in [1.82, 2.24) is 9.80 Å². The molecule has 1 saturated carbocycles. The van der Waals surface area contributed by atoms with Gasteiger partial charge in [0.1, 0.15) is 12.4 Å². The van der Waals surface area contributed by atoms with E-state index in [2.05, 4.69) is 9.80 Å². The van der Waals surface area contributed by atoms with Crippen molar-refractivity contribution in [2.24, 2.45) is 5.92 Å². The number of carbonyl (C=O) groups excluding carboxylic acids is 1. The molecule has 4 heteroatoms. The normalized spacial score (nSPS) is 20.1. The van der Waals surface area contributed by atoms with E-state index in [1.54, 1.807) is 0 Å². The summed E-state index contributed by atoms with van der Waals surface area (Å²) < 4.78 is 5.73. The number of ether oxygens (including phenoxy) is 1. The van der Waals surface area contributed by atoms with Crippen molar-refractivity contribution < 1.29 is 9.53 Å². The van der Waals surface area contributed by atoms with Crippen molar-refractivity contribution in [2.45, 2.75) is 19.3 Å². The fraction of sp³-hybridized carbons (Fsp3) is 0.588. The number of amides is 1. The lowest BCUT2D eigenvalue weighted by Crippen LogP contribution is -2.51. The van der Waals surface area contributed by atoms with Gasteiger partial charge >= 0.3 is 0 Å². The molecular formula is C17H24N2O2. The standard InChI is InChI=1S/C17H24N2O2/c20-17(15-5-4-6-15)19-11-9-18(10-12-19)13-14-21-16-7-2-1-3-8-16/h1-3,7-8,15H,4-6,9-14H2. The van der Waals surface area contributed by atoms with Crippen LogP contribution in [0.1, 0.15) is 19.3 Å². The Bertz CT molecular complexity index is 451. The van der Waals surface area contributed by atoms with Gasteiger partial charge in [-0.2, -0.15) is 0 Å². The van der Waals surface area contributed by atoms with Crippen LogP contribution >= 0.6 is 0 Å². The average molecular weight is 288 g/mol. The van der Waals surface area contributed by atoms with Crippen LogP contribution in [0.5, 0.6) is 5.75 Å². The first-order chi connectivity index (χ1) is 10.3. The fourth-order valence-corrected chi connectivity index (χ4v) is 2.91. The fourth-order valence-electron chi connectivity index (χ4n) is 2.91. The van der Waals surface area contributed by atoms with E-state index in [1.807, 2.05) is 30.3 Å². The smallest absolute Gasteiger partial charge is 0.225 e. The topological polar surface area (TPSA) is 32.8 Å². The third kappa shape index (κ3) is 3.76. The van der Waals surface area contributed by atoms with Gasteiger partial charge in [0.15, 0.2) is 0 Å². The van der Waals surface area contributed by atoms with E-state index in [-0.39, 0.29) is 0 Å². The van der Waals surface area contributed by atoms with Gasteiger partial charge in [0.2, 0.25) is 5.91 Å². The van der Waals surface area contributed by atoms with E-state index in [0.29, 0.717) is 18.4 Å². The number of para-hydroxylation sites is 1. The molecule has 1 aromatic rings. The van der Waals surface area contributed by atoms with Crippen molar-refractivity contribution in [3.63, 3.8) is 0 Å². The Kier molecular flexibility index (Phi) is 4.76. The van der Waals surface area contributed by atoms with E-state index in [4.69, 9.17) is 4.74 Å². The van der Waals surface area contributed by atoms with Gasteiger partial charge in [0, 0.05) is 38.6 Å². The zero-order chi connectivity index (χ0) is 14.5. The predicted octanol–water partition coefficient (Wildman–Crippen LogP) is 2.01. The molecular weight excluding hydrogens is 264 g/mol. The van der Waals surface area contributed by atoms with Gasteiger partial charge in [-0.15, -0.1) is 0 Å². The Hall–Kier alpha value is -1.55. The highest BCUT2D eigenvalue weighted by atomic mass is 16.5. The molecule has 1 amide bonds. The van der Waals surface area contributed by atoms with Crippen LogP contribution < -0.4 is 4.74 Å². The lowest BCUT2D eigenvalue weighted by molar-refractivity contribution is -0.140. The number of benzene rings is 1. The predicted molar refractivity (Wildman–Crippen MR) is 82.3 cm³/mol. The van der Waals surface area contributed by atoms with E-state index in [1.165, 1.54) is 6.42 Å². The molecule has 0 spiro atoms. The van der Waals surface area contributed by atoms with Gasteiger partial charge in [-0.3, -0.25) is 9.69 Å². The molecule has 0 N–H and O–H groups in total. The Morgan fingerprint density at radius 2 is 1.81 bits per heavy atom. The van der Waals surface area contributed by atoms with E-state index in [0.717, 1.165) is 51.3 Å². The Morgan fingerprint density at radius 1 is 1.10 bits per heavy atom. The van der Waals surface area contributed by atoms with Gasteiger partial charge in [-0.25, -0.2) is 0 Å². The number of nitrogens with zero attached hydrogens (tertiary/aromatic N) is 2. The summed E-state index contributed by atoms with van der Waals surface area (Å²) in [5.41, 5.74) is 0. The maximum absolute atomic E-state index is 12.2. The Balaban J connectivity index is 1.35. The highest BCUT2D eigenvalue weighted by Gasteiger charge is 2.30. The molecule has 0 radical (unpaired) electrons. The second-order valence-corrected chi connectivity index (χ2v) is 5.96. The average Bonchev–Trinajstić information content (AvgIpc) is 2.47. The number of hydrogen-bond acceptors (Lipinski definition) is 3. The van der Waals surface area contributed by atoms with Crippen LogP contribution in [0.25, 0.3) is 0 Å². The third-order valence-electron chi connectivity index (χ3n) is 4.56. The number of hydrogen-bond donors (Lipinski definition) is 0. The van der Waals surface area contributed by atoms with Gasteiger partial charge in [0.05, 0.1) is 0 Å². The van der Waals surface area contributed by atoms with Crippen LogP contribution in [0.3, 0.4) is 0 Å². The molecule has 0 unspecified atom stereocenters. The molecule has 2 aliphatic rings. The summed E-state index contributed by atoms with van der Waals surface area (Å²) in [5, 5.41) is 0. The molecule has 0 bridgehead atoms. The number of rotatable bonds is 5. The zero-order valence-corrected chi connectivity index (χ0v) is 12.5. The highest BCUT2D eigenvalue weighted by molar-refractivity contribution is 5.79. The molecule has 1 aliphatic carbocycles. The first kappa shape index (κ1) is 14.4. The molecule has 4 nitrogen and oxygen atoms in total. The van der Waals surface area contributed by atoms with Gasteiger partial charge < -0.3 is 9.64 Å². The lowest BCUT2D eigenvalue weighted by Gasteiger charge is -2.38. The summed E-state index contributed by atoms with van der Waals surface area (Å²) in [7, 11) is 0. The molecule has 1 heterocycles. The van der Waals surface area contributed by atoms with Crippen molar-refractivity contribution in [2.75, 3.05) is 39.3 Å². The number of carbonyl (C=O) groups is 1. The summed E-state index contributed by atoms with van der Waals surface area (Å²) >= 11 is 0. The Labute approximate surface area is 126 Å². The van der Waals surface area contributed by atoms with Gasteiger partial charge in [-0.1, -0.05) is 24.6 Å². The van der Waals surface area contributed by atoms with Crippen LogP contribution in [-0.4, -0.2) is 55.0 Å². The van der Waals surface area contributed by atoms with E-state index in [9.17, 15) is 4.79 Å². The SMILES string of the molecule is O=C(C1CCC1)N1CCN(CCOc2ccccc2)CC1. The van der Waals surface area contributed by atoms with Crippen molar-refractivity contribution >= 4 is 5.91 Å². The molecule has 0 aromatic heterocycles. The maximum Gasteiger partial charge on any atom is 0.225 e. The second-order valence-electron chi connectivity index (χ2n) is 5.96. The molecule has 2 fully saturated rings. The van der Waals surface area contributed by atoms with Crippen LogP contribution in [0.2, 0.25) is 0 Å². The van der Waals surface area contributed by atoms with Crippen LogP contribution in [0.15, 0.2) is 30.3 Å². The Morgan fingerprint density at radius 3 is 2.43 bits per heavy atom. The molecule has 114 valence electrons. The monoisotopic (exact) mass is 288 g/mol. The highest BCUT2D eigenvalue weighted by Crippen LogP contribution is 2.28.